The van der Waals surface area contributed by atoms with Crippen LogP contribution in [0.5, 0.6) is 0 Å². The van der Waals surface area contributed by atoms with E-state index in [2.05, 4.69) is 39.8 Å². The summed E-state index contributed by atoms with van der Waals surface area (Å²) < 4.78 is 5.71. The van der Waals surface area contributed by atoms with Gasteiger partial charge in [-0.3, -0.25) is 0 Å². The van der Waals surface area contributed by atoms with E-state index in [9.17, 15) is 0 Å². The molecule has 0 amide bonds. The lowest BCUT2D eigenvalue weighted by atomic mass is 9.92. The smallest absolute Gasteiger partial charge is 0.106 e. The van der Waals surface area contributed by atoms with Gasteiger partial charge in [-0.15, -0.1) is 11.6 Å². The highest BCUT2D eigenvalue weighted by molar-refractivity contribution is 6.23. The molecule has 0 aliphatic heterocycles. The van der Waals surface area contributed by atoms with Crippen molar-refractivity contribution in [2.75, 3.05) is 0 Å². The molecule has 1 atom stereocenters. The van der Waals surface area contributed by atoms with Crippen LogP contribution in [-0.4, -0.2) is 0 Å². The maximum atomic E-state index is 6.76. The van der Waals surface area contributed by atoms with E-state index in [-0.39, 0.29) is 5.38 Å². The zero-order valence-electron chi connectivity index (χ0n) is 12.5. The second kappa shape index (κ2) is 5.05. The maximum absolute atomic E-state index is 6.76. The van der Waals surface area contributed by atoms with Crippen LogP contribution in [0.25, 0.3) is 0 Å². The Hall–Kier alpha value is -1.21. The summed E-state index contributed by atoms with van der Waals surface area (Å²) in [5, 5.41) is -0.141. The van der Waals surface area contributed by atoms with E-state index in [0.29, 0.717) is 0 Å². The summed E-state index contributed by atoms with van der Waals surface area (Å²) in [7, 11) is 0. The average molecular weight is 277 g/mol. The second-order valence-electron chi connectivity index (χ2n) is 5.43. The minimum Gasteiger partial charge on any atom is -0.466 e. The Balaban J connectivity index is 2.59. The summed E-state index contributed by atoms with van der Waals surface area (Å²) in [6, 6.07) is 4.38. The van der Waals surface area contributed by atoms with Gasteiger partial charge in [0.15, 0.2) is 0 Å². The summed E-state index contributed by atoms with van der Waals surface area (Å²) in [5.41, 5.74) is 7.26. The van der Waals surface area contributed by atoms with Gasteiger partial charge in [0.1, 0.15) is 11.5 Å². The molecule has 102 valence electrons. The van der Waals surface area contributed by atoms with Gasteiger partial charge < -0.3 is 4.42 Å². The van der Waals surface area contributed by atoms with Crippen LogP contribution < -0.4 is 0 Å². The molecule has 19 heavy (non-hydrogen) atoms. The first-order valence-electron chi connectivity index (χ1n) is 6.61. The van der Waals surface area contributed by atoms with Crippen molar-refractivity contribution in [1.29, 1.82) is 0 Å². The summed E-state index contributed by atoms with van der Waals surface area (Å²) in [6.45, 7) is 12.4. The van der Waals surface area contributed by atoms with E-state index in [1.54, 1.807) is 0 Å². The standard InChI is InChI=1S/C17H21ClO/c1-9-7-10(2)15(11(3)8-9)17(18)16-12(4)13(5)19-14(16)6/h7-8,17H,1-6H3. The molecule has 2 rings (SSSR count). The van der Waals surface area contributed by atoms with E-state index in [1.165, 1.54) is 22.3 Å². The Morgan fingerprint density at radius 3 is 1.79 bits per heavy atom. The molecule has 0 saturated heterocycles. The van der Waals surface area contributed by atoms with Crippen molar-refractivity contribution in [2.45, 2.75) is 46.9 Å². The predicted molar refractivity (Wildman–Crippen MR) is 81.3 cm³/mol. The molecule has 0 aliphatic rings. The predicted octanol–water partition coefficient (Wildman–Crippen LogP) is 5.46. The molecule has 2 heteroatoms. The number of alkyl halides is 1. The number of aryl methyl sites for hydroxylation is 5. The fraction of sp³-hybridized carbons (Fsp3) is 0.412. The summed E-state index contributed by atoms with van der Waals surface area (Å²) >= 11 is 6.76. The number of benzene rings is 1. The highest BCUT2D eigenvalue weighted by atomic mass is 35.5. The molecule has 0 bridgehead atoms. The minimum absolute atomic E-state index is 0.141. The van der Waals surface area contributed by atoms with Crippen molar-refractivity contribution in [2.24, 2.45) is 0 Å². The first-order valence-corrected chi connectivity index (χ1v) is 7.04. The Kier molecular flexibility index (Phi) is 3.78. The third-order valence-electron chi connectivity index (χ3n) is 3.86. The van der Waals surface area contributed by atoms with Gasteiger partial charge in [-0.05, 0) is 63.8 Å². The van der Waals surface area contributed by atoms with Gasteiger partial charge in [0.25, 0.3) is 0 Å². The third kappa shape index (κ3) is 2.44. The van der Waals surface area contributed by atoms with E-state index in [1.807, 2.05) is 13.8 Å². The molecular weight excluding hydrogens is 256 g/mol. The Labute approximate surface area is 120 Å². The lowest BCUT2D eigenvalue weighted by Gasteiger charge is -2.17. The average Bonchev–Trinajstić information content (AvgIpc) is 2.51. The van der Waals surface area contributed by atoms with E-state index >= 15 is 0 Å². The molecular formula is C17H21ClO. The van der Waals surface area contributed by atoms with Crippen molar-refractivity contribution < 1.29 is 4.42 Å². The molecule has 0 aliphatic carbocycles. The van der Waals surface area contributed by atoms with Gasteiger partial charge in [0.05, 0.1) is 5.38 Å². The fourth-order valence-electron chi connectivity index (χ4n) is 2.92. The molecule has 2 aromatic rings. The van der Waals surface area contributed by atoms with Gasteiger partial charge in [0.2, 0.25) is 0 Å². The summed E-state index contributed by atoms with van der Waals surface area (Å²) in [5.74, 6) is 1.88. The first-order chi connectivity index (χ1) is 8.82. The zero-order valence-corrected chi connectivity index (χ0v) is 13.3. The number of rotatable bonds is 2. The van der Waals surface area contributed by atoms with Crippen molar-refractivity contribution in [3.8, 4) is 0 Å². The minimum atomic E-state index is -0.141. The van der Waals surface area contributed by atoms with Gasteiger partial charge in [-0.2, -0.15) is 0 Å². The lowest BCUT2D eigenvalue weighted by molar-refractivity contribution is 0.500. The molecule has 0 fully saturated rings. The second-order valence-corrected chi connectivity index (χ2v) is 5.86. The van der Waals surface area contributed by atoms with E-state index in [4.69, 9.17) is 16.0 Å². The Bertz CT molecular complexity index is 599. The van der Waals surface area contributed by atoms with Crippen molar-refractivity contribution >= 4 is 11.6 Å². The molecule has 0 saturated carbocycles. The molecule has 1 nitrogen and oxygen atoms in total. The van der Waals surface area contributed by atoms with Crippen LogP contribution in [0.3, 0.4) is 0 Å². The van der Waals surface area contributed by atoms with Crippen molar-refractivity contribution in [1.82, 2.24) is 0 Å². The van der Waals surface area contributed by atoms with Crippen LogP contribution in [0.15, 0.2) is 16.5 Å². The van der Waals surface area contributed by atoms with Gasteiger partial charge >= 0.3 is 0 Å². The Morgan fingerprint density at radius 2 is 1.37 bits per heavy atom. The molecule has 1 unspecified atom stereocenters. The molecule has 1 aromatic carbocycles. The molecule has 0 radical (unpaired) electrons. The van der Waals surface area contributed by atoms with Crippen LogP contribution >= 0.6 is 11.6 Å². The van der Waals surface area contributed by atoms with Gasteiger partial charge in [0, 0.05) is 5.56 Å². The summed E-state index contributed by atoms with van der Waals surface area (Å²) in [6.07, 6.45) is 0. The number of hydrogen-bond donors (Lipinski definition) is 0. The number of hydrogen-bond acceptors (Lipinski definition) is 1. The molecule has 1 aromatic heterocycles. The van der Waals surface area contributed by atoms with Crippen LogP contribution in [0.2, 0.25) is 0 Å². The highest BCUT2D eigenvalue weighted by Crippen LogP contribution is 2.39. The monoisotopic (exact) mass is 276 g/mol. The fourth-order valence-corrected chi connectivity index (χ4v) is 3.58. The Morgan fingerprint density at radius 1 is 0.842 bits per heavy atom. The van der Waals surface area contributed by atoms with Crippen molar-refractivity contribution in [3.63, 3.8) is 0 Å². The first kappa shape index (κ1) is 14.2. The van der Waals surface area contributed by atoms with Crippen LogP contribution in [0.4, 0.5) is 0 Å². The van der Waals surface area contributed by atoms with Crippen LogP contribution in [0, 0.1) is 41.5 Å². The highest BCUT2D eigenvalue weighted by Gasteiger charge is 2.23. The quantitative estimate of drug-likeness (QED) is 0.664. The zero-order chi connectivity index (χ0) is 14.3. The molecule has 0 spiro atoms. The number of furan rings is 1. The normalized spacial score (nSPS) is 12.8. The van der Waals surface area contributed by atoms with Gasteiger partial charge in [-0.1, -0.05) is 17.7 Å². The number of halogens is 1. The molecule has 1 heterocycles. The summed E-state index contributed by atoms with van der Waals surface area (Å²) in [4.78, 5) is 0. The largest absolute Gasteiger partial charge is 0.466 e. The van der Waals surface area contributed by atoms with Crippen LogP contribution in [0.1, 0.15) is 50.3 Å². The third-order valence-corrected chi connectivity index (χ3v) is 4.30. The van der Waals surface area contributed by atoms with E-state index < -0.39 is 0 Å². The van der Waals surface area contributed by atoms with Crippen LogP contribution in [-0.2, 0) is 0 Å². The van der Waals surface area contributed by atoms with E-state index in [0.717, 1.165) is 22.6 Å². The maximum Gasteiger partial charge on any atom is 0.106 e. The molecule has 0 N–H and O–H groups in total. The van der Waals surface area contributed by atoms with Gasteiger partial charge in [-0.25, -0.2) is 0 Å². The topological polar surface area (TPSA) is 13.1 Å². The lowest BCUT2D eigenvalue weighted by Crippen LogP contribution is -2.02. The van der Waals surface area contributed by atoms with Crippen molar-refractivity contribution in [3.05, 3.63) is 57.0 Å². The SMILES string of the molecule is Cc1cc(C)c(C(Cl)c2c(C)oc(C)c2C)c(C)c1.